The molecule has 18 heteroatoms. The fourth-order valence-corrected chi connectivity index (χ4v) is 1.48. The van der Waals surface area contributed by atoms with Crippen LogP contribution >= 0.6 is 0 Å². The third-order valence-electron chi connectivity index (χ3n) is 3.10. The average molecular weight is 492 g/mol. The molecule has 18 nitrogen and oxygen atoms in total. The molecule has 6 amide bonds. The molecule has 0 rings (SSSR count). The van der Waals surface area contributed by atoms with Gasteiger partial charge in [0.25, 0.3) is 11.8 Å². The van der Waals surface area contributed by atoms with E-state index in [1.807, 2.05) is 10.6 Å². The van der Waals surface area contributed by atoms with Gasteiger partial charge in [-0.25, -0.2) is 0 Å². The Hall–Kier alpha value is -4.32. The highest BCUT2D eigenvalue weighted by molar-refractivity contribution is 5.90. The van der Waals surface area contributed by atoms with Crippen LogP contribution in [-0.4, -0.2) is 99.7 Å². The van der Waals surface area contributed by atoms with Crippen LogP contribution in [-0.2, 0) is 38.4 Å². The Morgan fingerprint density at radius 2 is 0.618 bits per heavy atom. The van der Waals surface area contributed by atoms with Crippen LogP contribution in [0.3, 0.4) is 0 Å². The van der Waals surface area contributed by atoms with E-state index >= 15 is 0 Å². The summed E-state index contributed by atoms with van der Waals surface area (Å²) in [6.45, 7) is -2.47. The SMILES string of the molecule is [NH3+]CC(=O)NCC(=O)NCC(=O)NCC(=O)[O-].[NH3+]CC(=O)NCC(=O)NCC(=O)NCC(=O)[O-]. The minimum Gasteiger partial charge on any atom is -0.548 e. The average Bonchev–Trinajstić information content (AvgIpc) is 2.80. The molecule has 0 atom stereocenters. The highest BCUT2D eigenvalue weighted by Gasteiger charge is 2.08. The van der Waals surface area contributed by atoms with Crippen LogP contribution in [0.15, 0.2) is 0 Å². The molecule has 0 radical (unpaired) electrons. The zero-order chi connectivity index (χ0) is 26.5. The van der Waals surface area contributed by atoms with E-state index in [9.17, 15) is 48.6 Å². The minimum absolute atomic E-state index is 0.0133. The fourth-order valence-electron chi connectivity index (χ4n) is 1.48. The lowest BCUT2D eigenvalue weighted by Gasteiger charge is -2.07. The number of carboxylic acids is 2. The number of nitrogens with one attached hydrogen (secondary N) is 6. The summed E-state index contributed by atoms with van der Waals surface area (Å²) in [6.07, 6.45) is 0. The van der Waals surface area contributed by atoms with Crippen LogP contribution < -0.4 is 53.6 Å². The smallest absolute Gasteiger partial charge is 0.275 e. The molecule has 0 aromatic carbocycles. The number of carbonyl (C=O) groups excluding carboxylic acids is 8. The largest absolute Gasteiger partial charge is 0.548 e. The monoisotopic (exact) mass is 492 g/mol. The van der Waals surface area contributed by atoms with Crippen molar-refractivity contribution >= 4 is 47.4 Å². The van der Waals surface area contributed by atoms with Gasteiger partial charge in [0.2, 0.25) is 23.6 Å². The van der Waals surface area contributed by atoms with Crippen molar-refractivity contribution in [2.45, 2.75) is 0 Å². The van der Waals surface area contributed by atoms with Gasteiger partial charge < -0.3 is 63.2 Å². The van der Waals surface area contributed by atoms with Crippen molar-refractivity contribution in [3.63, 3.8) is 0 Å². The molecular weight excluding hydrogens is 464 g/mol. The first kappa shape index (κ1) is 31.9. The van der Waals surface area contributed by atoms with Crippen LogP contribution in [0.5, 0.6) is 0 Å². The van der Waals surface area contributed by atoms with Gasteiger partial charge in [0.05, 0.1) is 51.2 Å². The third kappa shape index (κ3) is 22.4. The van der Waals surface area contributed by atoms with Crippen molar-refractivity contribution in [1.82, 2.24) is 31.9 Å². The van der Waals surface area contributed by atoms with Gasteiger partial charge in [-0.05, 0) is 0 Å². The van der Waals surface area contributed by atoms with Gasteiger partial charge in [0.1, 0.15) is 0 Å². The summed E-state index contributed by atoms with van der Waals surface area (Å²) in [5.74, 6) is -6.06. The van der Waals surface area contributed by atoms with Crippen molar-refractivity contribution in [3.05, 3.63) is 0 Å². The second-order valence-electron chi connectivity index (χ2n) is 5.90. The number of aliphatic carboxylic acids is 2. The number of hydrogen-bond donors (Lipinski definition) is 8. The molecule has 0 aliphatic carbocycles. The van der Waals surface area contributed by atoms with Crippen molar-refractivity contribution in [2.75, 3.05) is 52.4 Å². The van der Waals surface area contributed by atoms with Gasteiger partial charge in [-0.2, -0.15) is 0 Å². The van der Waals surface area contributed by atoms with E-state index in [0.717, 1.165) is 0 Å². The minimum atomic E-state index is -1.42. The number of carboxylic acid groups (broad SMARTS) is 2. The van der Waals surface area contributed by atoms with Crippen LogP contribution in [0.25, 0.3) is 0 Å². The molecular formula is C16H28N8O10. The van der Waals surface area contributed by atoms with Gasteiger partial charge in [-0.15, -0.1) is 0 Å². The molecule has 12 N–H and O–H groups in total. The first-order valence-electron chi connectivity index (χ1n) is 9.49. The summed E-state index contributed by atoms with van der Waals surface area (Å²) in [4.78, 5) is 85.4. The van der Waals surface area contributed by atoms with E-state index in [2.05, 4.69) is 32.7 Å². The molecule has 0 aliphatic heterocycles. The van der Waals surface area contributed by atoms with Gasteiger partial charge in [-0.3, -0.25) is 28.8 Å². The normalized spacial score (nSPS) is 9.24. The van der Waals surface area contributed by atoms with Gasteiger partial charge in [-0.1, -0.05) is 0 Å². The molecule has 0 heterocycles. The number of quaternary nitrogens is 2. The maximum Gasteiger partial charge on any atom is 0.275 e. The lowest BCUT2D eigenvalue weighted by Crippen LogP contribution is -2.58. The Morgan fingerprint density at radius 3 is 0.824 bits per heavy atom. The summed E-state index contributed by atoms with van der Waals surface area (Å²) < 4.78 is 0. The molecule has 0 aromatic rings. The van der Waals surface area contributed by atoms with Crippen LogP contribution in [0, 0.1) is 0 Å². The number of rotatable bonds is 14. The molecule has 0 aromatic heterocycles. The zero-order valence-corrected chi connectivity index (χ0v) is 18.2. The Bertz CT molecular complexity index is 696. The number of hydrogen-bond acceptors (Lipinski definition) is 10. The zero-order valence-electron chi connectivity index (χ0n) is 18.2. The maximum atomic E-state index is 11.1. The van der Waals surface area contributed by atoms with Gasteiger partial charge in [0.15, 0.2) is 13.1 Å². The lowest BCUT2D eigenvalue weighted by molar-refractivity contribution is -0.355. The molecule has 0 unspecified atom stereocenters. The summed E-state index contributed by atoms with van der Waals surface area (Å²) in [6, 6.07) is 0. The van der Waals surface area contributed by atoms with Crippen LogP contribution in [0.1, 0.15) is 0 Å². The molecule has 0 aliphatic rings. The third-order valence-corrected chi connectivity index (χ3v) is 3.10. The maximum absolute atomic E-state index is 11.1. The van der Waals surface area contributed by atoms with Crippen molar-refractivity contribution in [1.29, 1.82) is 0 Å². The topological polar surface area (TPSA) is 310 Å². The fraction of sp³-hybridized carbons (Fsp3) is 0.500. The summed E-state index contributed by atoms with van der Waals surface area (Å²) in [7, 11) is 0. The van der Waals surface area contributed by atoms with E-state index in [-0.39, 0.29) is 51.1 Å². The lowest BCUT2D eigenvalue weighted by atomic mass is 10.5. The predicted molar refractivity (Wildman–Crippen MR) is 104 cm³/mol. The highest BCUT2D eigenvalue weighted by Crippen LogP contribution is 1.69. The molecule has 34 heavy (non-hydrogen) atoms. The van der Waals surface area contributed by atoms with E-state index in [1.54, 1.807) is 0 Å². The highest BCUT2D eigenvalue weighted by atomic mass is 16.4. The summed E-state index contributed by atoms with van der Waals surface area (Å²) in [5, 5.41) is 32.9. The van der Waals surface area contributed by atoms with Gasteiger partial charge >= 0.3 is 0 Å². The predicted octanol–water partition coefficient (Wildman–Crippen LogP) is -11.3. The quantitative estimate of drug-likeness (QED) is 0.113. The van der Waals surface area contributed by atoms with Crippen LogP contribution in [0.4, 0.5) is 0 Å². The second kappa shape index (κ2) is 19.4. The second-order valence-corrected chi connectivity index (χ2v) is 5.90. The molecule has 0 bridgehead atoms. The Kier molecular flexibility index (Phi) is 18.2. The van der Waals surface area contributed by atoms with Gasteiger partial charge in [0, 0.05) is 0 Å². The van der Waals surface area contributed by atoms with Crippen molar-refractivity contribution in [3.8, 4) is 0 Å². The van der Waals surface area contributed by atoms with E-state index < -0.39 is 48.7 Å². The van der Waals surface area contributed by atoms with E-state index in [4.69, 9.17) is 0 Å². The molecule has 0 spiro atoms. The number of carbonyl (C=O) groups is 8. The Balaban J connectivity index is 0. The standard InChI is InChI=1S/2C8H14N4O5/c2*9-1-5(13)10-2-6(14)11-3-7(15)12-4-8(16)17/h2*1-4,9H2,(H,10,13)(H,11,14)(H,12,15)(H,16,17). The molecule has 0 saturated heterocycles. The molecule has 192 valence electrons. The molecule has 0 saturated carbocycles. The van der Waals surface area contributed by atoms with Crippen molar-refractivity contribution in [2.24, 2.45) is 0 Å². The van der Waals surface area contributed by atoms with E-state index in [0.29, 0.717) is 0 Å². The summed E-state index contributed by atoms with van der Waals surface area (Å²) in [5.41, 5.74) is 6.62. The van der Waals surface area contributed by atoms with E-state index in [1.165, 1.54) is 0 Å². The summed E-state index contributed by atoms with van der Waals surface area (Å²) >= 11 is 0. The first-order valence-corrected chi connectivity index (χ1v) is 9.49. The number of amides is 6. The van der Waals surface area contributed by atoms with Crippen molar-refractivity contribution < 1.29 is 60.0 Å². The van der Waals surface area contributed by atoms with Crippen LogP contribution in [0.2, 0.25) is 0 Å². The Morgan fingerprint density at radius 1 is 0.412 bits per heavy atom. The Labute approximate surface area is 192 Å². The first-order chi connectivity index (χ1) is 15.9. The molecule has 0 fully saturated rings.